The summed E-state index contributed by atoms with van der Waals surface area (Å²) in [5.74, 6) is 0. The van der Waals surface area contributed by atoms with E-state index in [1.807, 2.05) is 6.07 Å². The average Bonchev–Trinajstić information content (AvgIpc) is 2.64. The summed E-state index contributed by atoms with van der Waals surface area (Å²) in [6, 6.07) is 23.7. The number of quaternary nitrogens is 2. The van der Waals surface area contributed by atoms with E-state index in [4.69, 9.17) is 11.6 Å². The number of halogens is 1. The van der Waals surface area contributed by atoms with E-state index in [-0.39, 0.29) is 0 Å². The highest BCUT2D eigenvalue weighted by Crippen LogP contribution is 2.17. The summed E-state index contributed by atoms with van der Waals surface area (Å²) in [6.45, 7) is 7.14. The molecule has 3 heteroatoms. The highest BCUT2D eigenvalue weighted by molar-refractivity contribution is 6.30. The van der Waals surface area contributed by atoms with Crippen LogP contribution in [0.2, 0.25) is 5.02 Å². The highest BCUT2D eigenvalue weighted by atomic mass is 35.5. The molecule has 1 saturated heterocycles. The third-order valence-electron chi connectivity index (χ3n) is 5.33. The van der Waals surface area contributed by atoms with Crippen molar-refractivity contribution in [3.8, 4) is 0 Å². The molecule has 25 heavy (non-hydrogen) atoms. The van der Waals surface area contributed by atoms with Crippen molar-refractivity contribution < 1.29 is 9.80 Å². The van der Waals surface area contributed by atoms with Crippen LogP contribution in [-0.2, 0) is 13.1 Å². The first kappa shape index (κ1) is 16.6. The molecule has 2 nitrogen and oxygen atoms in total. The zero-order chi connectivity index (χ0) is 17.1. The SMILES string of the molecule is Clc1cccc(C[NH+]2CC[NH+](Cc3cccc4ccccc34)CC2)c1. The van der Waals surface area contributed by atoms with Crippen LogP contribution in [0.25, 0.3) is 10.8 Å². The Morgan fingerprint density at radius 1 is 0.720 bits per heavy atom. The molecular formula is C22H25ClN2+2. The van der Waals surface area contributed by atoms with Gasteiger partial charge in [0.25, 0.3) is 0 Å². The summed E-state index contributed by atoms with van der Waals surface area (Å²) in [5, 5.41) is 3.60. The fourth-order valence-corrected chi connectivity index (χ4v) is 4.18. The number of benzene rings is 3. The van der Waals surface area contributed by atoms with E-state index in [0.29, 0.717) is 0 Å². The van der Waals surface area contributed by atoms with Gasteiger partial charge < -0.3 is 9.80 Å². The summed E-state index contributed by atoms with van der Waals surface area (Å²) >= 11 is 6.11. The Kier molecular flexibility index (Phi) is 5.02. The minimum Gasteiger partial charge on any atom is -0.322 e. The zero-order valence-electron chi connectivity index (χ0n) is 14.5. The topological polar surface area (TPSA) is 8.88 Å². The van der Waals surface area contributed by atoms with Gasteiger partial charge in [-0.05, 0) is 22.9 Å². The summed E-state index contributed by atoms with van der Waals surface area (Å²) in [6.07, 6.45) is 0. The molecule has 4 rings (SSSR count). The largest absolute Gasteiger partial charge is 0.322 e. The Balaban J connectivity index is 1.37. The maximum atomic E-state index is 6.11. The molecule has 0 spiro atoms. The molecule has 1 heterocycles. The van der Waals surface area contributed by atoms with Crippen molar-refractivity contribution in [2.75, 3.05) is 26.2 Å². The predicted octanol–water partition coefficient (Wildman–Crippen LogP) is 1.98. The van der Waals surface area contributed by atoms with Crippen molar-refractivity contribution in [3.05, 3.63) is 82.9 Å². The number of nitrogens with one attached hydrogen (secondary N) is 2. The normalized spacial score (nSPS) is 20.7. The fourth-order valence-electron chi connectivity index (χ4n) is 3.96. The fraction of sp³-hybridized carbons (Fsp3) is 0.273. The van der Waals surface area contributed by atoms with E-state index in [1.165, 1.54) is 48.1 Å². The van der Waals surface area contributed by atoms with E-state index in [0.717, 1.165) is 18.1 Å². The van der Waals surface area contributed by atoms with Crippen molar-refractivity contribution in [3.63, 3.8) is 0 Å². The summed E-state index contributed by atoms with van der Waals surface area (Å²) in [4.78, 5) is 3.37. The van der Waals surface area contributed by atoms with E-state index < -0.39 is 0 Å². The molecule has 0 saturated carbocycles. The number of rotatable bonds is 4. The average molecular weight is 353 g/mol. The van der Waals surface area contributed by atoms with Gasteiger partial charge in [-0.2, -0.15) is 0 Å². The van der Waals surface area contributed by atoms with Crippen LogP contribution in [0, 0.1) is 0 Å². The summed E-state index contributed by atoms with van der Waals surface area (Å²) < 4.78 is 0. The number of fused-ring (bicyclic) bond motifs is 1. The number of piperazine rings is 1. The van der Waals surface area contributed by atoms with E-state index in [9.17, 15) is 0 Å². The molecule has 0 aliphatic carbocycles. The molecule has 3 aromatic rings. The zero-order valence-corrected chi connectivity index (χ0v) is 15.2. The number of hydrogen-bond acceptors (Lipinski definition) is 0. The molecule has 0 unspecified atom stereocenters. The molecule has 3 aromatic carbocycles. The molecule has 0 bridgehead atoms. The van der Waals surface area contributed by atoms with Crippen LogP contribution >= 0.6 is 11.6 Å². The molecule has 1 fully saturated rings. The minimum absolute atomic E-state index is 0.845. The Hall–Kier alpha value is -1.87. The predicted molar refractivity (Wildman–Crippen MR) is 104 cm³/mol. The molecule has 1 aliphatic heterocycles. The monoisotopic (exact) mass is 352 g/mol. The molecule has 0 atom stereocenters. The van der Waals surface area contributed by atoms with Gasteiger partial charge in [-0.3, -0.25) is 0 Å². The highest BCUT2D eigenvalue weighted by Gasteiger charge is 2.23. The van der Waals surface area contributed by atoms with Crippen LogP contribution in [0.1, 0.15) is 11.1 Å². The van der Waals surface area contributed by atoms with E-state index in [1.54, 1.807) is 9.80 Å². The minimum atomic E-state index is 0.845. The molecule has 2 N–H and O–H groups in total. The van der Waals surface area contributed by atoms with Crippen molar-refractivity contribution >= 4 is 22.4 Å². The van der Waals surface area contributed by atoms with Gasteiger partial charge in [0.2, 0.25) is 0 Å². The molecule has 128 valence electrons. The Morgan fingerprint density at radius 3 is 2.20 bits per heavy atom. The lowest BCUT2D eigenvalue weighted by molar-refractivity contribution is -1.02. The lowest BCUT2D eigenvalue weighted by Crippen LogP contribution is -3.27. The van der Waals surface area contributed by atoms with Gasteiger partial charge in [0, 0.05) is 16.1 Å². The summed E-state index contributed by atoms with van der Waals surface area (Å²) in [5.41, 5.74) is 2.83. The lowest BCUT2D eigenvalue weighted by Gasteiger charge is -2.30. The van der Waals surface area contributed by atoms with Crippen LogP contribution in [-0.4, -0.2) is 26.2 Å². The van der Waals surface area contributed by atoms with Crippen molar-refractivity contribution in [1.29, 1.82) is 0 Å². The second-order valence-electron chi connectivity index (χ2n) is 7.12. The van der Waals surface area contributed by atoms with Gasteiger partial charge in [-0.15, -0.1) is 0 Å². The standard InChI is InChI=1S/C22H23ClN2/c23-21-9-3-5-18(15-21)16-24-11-13-25(14-12-24)17-20-8-4-7-19-6-1-2-10-22(19)20/h1-10,15H,11-14,16-17H2/p+2. The van der Waals surface area contributed by atoms with Crippen LogP contribution in [0.3, 0.4) is 0 Å². The van der Waals surface area contributed by atoms with Gasteiger partial charge >= 0.3 is 0 Å². The first-order valence-electron chi connectivity index (χ1n) is 9.16. The number of hydrogen-bond donors (Lipinski definition) is 2. The first-order valence-corrected chi connectivity index (χ1v) is 9.54. The van der Waals surface area contributed by atoms with Crippen LogP contribution in [0.4, 0.5) is 0 Å². The van der Waals surface area contributed by atoms with Gasteiger partial charge in [-0.1, -0.05) is 66.2 Å². The maximum Gasteiger partial charge on any atom is 0.127 e. The van der Waals surface area contributed by atoms with Crippen molar-refractivity contribution in [1.82, 2.24) is 0 Å². The van der Waals surface area contributed by atoms with Crippen LogP contribution in [0.5, 0.6) is 0 Å². The van der Waals surface area contributed by atoms with E-state index >= 15 is 0 Å². The Bertz CT molecular complexity index is 848. The van der Waals surface area contributed by atoms with Gasteiger partial charge in [-0.25, -0.2) is 0 Å². The molecule has 1 aliphatic rings. The molecule has 0 radical (unpaired) electrons. The molecule has 0 amide bonds. The second kappa shape index (κ2) is 7.57. The smallest absolute Gasteiger partial charge is 0.127 e. The second-order valence-corrected chi connectivity index (χ2v) is 7.56. The summed E-state index contributed by atoms with van der Waals surface area (Å²) in [7, 11) is 0. The quantitative estimate of drug-likeness (QED) is 0.710. The first-order chi connectivity index (χ1) is 12.3. The van der Waals surface area contributed by atoms with Gasteiger partial charge in [0.1, 0.15) is 39.3 Å². The van der Waals surface area contributed by atoms with Gasteiger partial charge in [0.05, 0.1) is 0 Å². The third-order valence-corrected chi connectivity index (χ3v) is 5.56. The molecular weight excluding hydrogens is 328 g/mol. The molecule has 0 aromatic heterocycles. The van der Waals surface area contributed by atoms with Crippen molar-refractivity contribution in [2.24, 2.45) is 0 Å². The van der Waals surface area contributed by atoms with E-state index in [2.05, 4.69) is 60.7 Å². The van der Waals surface area contributed by atoms with Crippen LogP contribution < -0.4 is 9.80 Å². The third kappa shape index (κ3) is 4.04. The Morgan fingerprint density at radius 2 is 1.40 bits per heavy atom. The maximum absolute atomic E-state index is 6.11. The Labute approximate surface area is 154 Å². The van der Waals surface area contributed by atoms with Crippen molar-refractivity contribution in [2.45, 2.75) is 13.1 Å². The van der Waals surface area contributed by atoms with Crippen LogP contribution in [0.15, 0.2) is 66.7 Å². The van der Waals surface area contributed by atoms with Gasteiger partial charge in [0.15, 0.2) is 0 Å². The lowest BCUT2D eigenvalue weighted by atomic mass is 10.0.